The first-order chi connectivity index (χ1) is 12.1. The predicted octanol–water partition coefficient (Wildman–Crippen LogP) is 2.15. The first-order valence-corrected chi connectivity index (χ1v) is 8.82. The number of amides is 2. The van der Waals surface area contributed by atoms with Crippen molar-refractivity contribution >= 4 is 6.03 Å². The molecule has 25 heavy (non-hydrogen) atoms. The molecular formula is C18H25N5O2. The van der Waals surface area contributed by atoms with Crippen LogP contribution in [0.1, 0.15) is 44.1 Å². The third-order valence-electron chi connectivity index (χ3n) is 4.64. The number of hydrogen-bond acceptors (Lipinski definition) is 4. The molecule has 3 rings (SSSR count). The van der Waals surface area contributed by atoms with E-state index in [0.29, 0.717) is 13.1 Å². The van der Waals surface area contributed by atoms with Crippen LogP contribution < -0.4 is 10.6 Å². The number of hydrogen-bond donors (Lipinski definition) is 3. The Hall–Kier alpha value is -2.41. The number of nitrogens with zero attached hydrogens (tertiary/aromatic N) is 3. The fourth-order valence-corrected chi connectivity index (χ4v) is 3.16. The van der Waals surface area contributed by atoms with Crippen LogP contribution in [0.4, 0.5) is 4.79 Å². The van der Waals surface area contributed by atoms with Crippen molar-refractivity contribution in [2.24, 2.45) is 0 Å². The molecule has 2 heterocycles. The largest absolute Gasteiger partial charge is 0.388 e. The summed E-state index contributed by atoms with van der Waals surface area (Å²) in [6.07, 6.45) is 12.8. The molecule has 3 N–H and O–H groups in total. The third-order valence-corrected chi connectivity index (χ3v) is 4.64. The summed E-state index contributed by atoms with van der Waals surface area (Å²) in [6.45, 7) is 0.698. The molecule has 0 unspecified atom stereocenters. The fraction of sp³-hybridized carbons (Fsp3) is 0.500. The molecule has 2 aromatic heterocycles. The van der Waals surface area contributed by atoms with Crippen LogP contribution in [-0.4, -0.2) is 37.8 Å². The Morgan fingerprint density at radius 3 is 2.72 bits per heavy atom. The standard InChI is InChI=1S/C18H25N5O2/c24-17(22-13-18(25)6-3-1-2-4-7-18)21-12-15-5-8-20-16(11-15)23-10-9-19-14-23/h5,8-11,14,25H,1-4,6-7,12-13H2,(H2,21,22,24). The van der Waals surface area contributed by atoms with Crippen molar-refractivity contribution < 1.29 is 9.90 Å². The van der Waals surface area contributed by atoms with Gasteiger partial charge >= 0.3 is 6.03 Å². The first-order valence-electron chi connectivity index (χ1n) is 8.82. The van der Waals surface area contributed by atoms with Crippen LogP contribution in [0.5, 0.6) is 0 Å². The van der Waals surface area contributed by atoms with Gasteiger partial charge in [-0.2, -0.15) is 0 Å². The van der Waals surface area contributed by atoms with Gasteiger partial charge in [0.25, 0.3) is 0 Å². The molecule has 7 nitrogen and oxygen atoms in total. The van der Waals surface area contributed by atoms with Gasteiger partial charge in [0.1, 0.15) is 12.1 Å². The molecule has 2 aromatic rings. The smallest absolute Gasteiger partial charge is 0.315 e. The lowest BCUT2D eigenvalue weighted by atomic mass is 9.95. The molecule has 134 valence electrons. The number of carbonyl (C=O) groups excluding carboxylic acids is 1. The lowest BCUT2D eigenvalue weighted by molar-refractivity contribution is 0.0277. The van der Waals surface area contributed by atoms with Gasteiger partial charge in [-0.05, 0) is 30.5 Å². The van der Waals surface area contributed by atoms with Crippen molar-refractivity contribution in [2.75, 3.05) is 6.54 Å². The van der Waals surface area contributed by atoms with E-state index in [2.05, 4.69) is 20.6 Å². The second kappa shape index (κ2) is 8.11. The van der Waals surface area contributed by atoms with E-state index in [1.165, 1.54) is 0 Å². The van der Waals surface area contributed by atoms with E-state index in [1.807, 2.05) is 22.9 Å². The number of pyridine rings is 1. The molecule has 0 spiro atoms. The van der Waals surface area contributed by atoms with Gasteiger partial charge in [-0.3, -0.25) is 4.57 Å². The first kappa shape index (κ1) is 17.4. The average Bonchev–Trinajstić information content (AvgIpc) is 3.08. The van der Waals surface area contributed by atoms with Gasteiger partial charge in [0.05, 0.1) is 5.60 Å². The van der Waals surface area contributed by atoms with Gasteiger partial charge in [-0.1, -0.05) is 25.7 Å². The van der Waals surface area contributed by atoms with Crippen LogP contribution in [0, 0.1) is 0 Å². The zero-order valence-corrected chi connectivity index (χ0v) is 14.3. The van der Waals surface area contributed by atoms with E-state index in [0.717, 1.165) is 49.9 Å². The Bertz CT molecular complexity index is 679. The minimum absolute atomic E-state index is 0.265. The van der Waals surface area contributed by atoms with Gasteiger partial charge in [-0.25, -0.2) is 14.8 Å². The molecule has 1 fully saturated rings. The summed E-state index contributed by atoms with van der Waals surface area (Å²) in [5.41, 5.74) is 0.182. The van der Waals surface area contributed by atoms with E-state index in [1.54, 1.807) is 18.7 Å². The lowest BCUT2D eigenvalue weighted by Gasteiger charge is -2.26. The highest BCUT2D eigenvalue weighted by Crippen LogP contribution is 2.26. The zero-order valence-electron chi connectivity index (χ0n) is 14.3. The minimum Gasteiger partial charge on any atom is -0.388 e. The number of imidazole rings is 1. The van der Waals surface area contributed by atoms with Crippen LogP contribution in [0.2, 0.25) is 0 Å². The average molecular weight is 343 g/mol. The van der Waals surface area contributed by atoms with Crippen molar-refractivity contribution in [3.8, 4) is 5.82 Å². The number of aromatic nitrogens is 3. The Labute approximate surface area is 147 Å². The molecular weight excluding hydrogens is 318 g/mol. The van der Waals surface area contributed by atoms with Gasteiger partial charge in [-0.15, -0.1) is 0 Å². The van der Waals surface area contributed by atoms with Crippen LogP contribution in [0.3, 0.4) is 0 Å². The second-order valence-corrected chi connectivity index (χ2v) is 6.67. The van der Waals surface area contributed by atoms with Gasteiger partial charge < -0.3 is 15.7 Å². The zero-order chi connectivity index (χ0) is 17.5. The fourth-order valence-electron chi connectivity index (χ4n) is 3.16. The highest BCUT2D eigenvalue weighted by atomic mass is 16.3. The van der Waals surface area contributed by atoms with Gasteiger partial charge in [0, 0.05) is 31.7 Å². The highest BCUT2D eigenvalue weighted by Gasteiger charge is 2.28. The van der Waals surface area contributed by atoms with E-state index >= 15 is 0 Å². The van der Waals surface area contributed by atoms with E-state index in [4.69, 9.17) is 0 Å². The summed E-state index contributed by atoms with van der Waals surface area (Å²) in [6, 6.07) is 3.50. The normalized spacial score (nSPS) is 16.8. The van der Waals surface area contributed by atoms with E-state index < -0.39 is 5.60 Å². The molecule has 1 aliphatic rings. The maximum atomic E-state index is 12.0. The minimum atomic E-state index is -0.765. The molecule has 1 saturated carbocycles. The number of urea groups is 1. The Balaban J connectivity index is 1.48. The summed E-state index contributed by atoms with van der Waals surface area (Å²) in [4.78, 5) is 20.3. The van der Waals surface area contributed by atoms with Crippen LogP contribution in [0.15, 0.2) is 37.1 Å². The monoisotopic (exact) mass is 343 g/mol. The van der Waals surface area contributed by atoms with Crippen molar-refractivity contribution in [1.29, 1.82) is 0 Å². The maximum Gasteiger partial charge on any atom is 0.315 e. The SMILES string of the molecule is O=C(NCc1ccnc(-n2ccnc2)c1)NCC1(O)CCCCCC1. The summed E-state index contributed by atoms with van der Waals surface area (Å²) in [7, 11) is 0. The number of carbonyl (C=O) groups is 1. The molecule has 0 aliphatic heterocycles. The number of aliphatic hydroxyl groups is 1. The molecule has 0 saturated heterocycles. The molecule has 7 heteroatoms. The summed E-state index contributed by atoms with van der Waals surface area (Å²) in [5.74, 6) is 0.755. The Morgan fingerprint density at radius 2 is 2.00 bits per heavy atom. The summed E-state index contributed by atoms with van der Waals surface area (Å²) in [5, 5.41) is 16.2. The van der Waals surface area contributed by atoms with Crippen LogP contribution in [-0.2, 0) is 6.54 Å². The number of rotatable bonds is 5. The predicted molar refractivity (Wildman–Crippen MR) is 94.2 cm³/mol. The molecule has 0 aromatic carbocycles. The van der Waals surface area contributed by atoms with Crippen molar-refractivity contribution in [3.05, 3.63) is 42.6 Å². The molecule has 0 atom stereocenters. The van der Waals surface area contributed by atoms with Gasteiger partial charge in [0.15, 0.2) is 0 Å². The summed E-state index contributed by atoms with van der Waals surface area (Å²) < 4.78 is 1.81. The van der Waals surface area contributed by atoms with Crippen LogP contribution >= 0.6 is 0 Å². The van der Waals surface area contributed by atoms with Crippen molar-refractivity contribution in [1.82, 2.24) is 25.2 Å². The molecule has 0 bridgehead atoms. The topological polar surface area (TPSA) is 92.1 Å². The van der Waals surface area contributed by atoms with E-state index in [9.17, 15) is 9.90 Å². The second-order valence-electron chi connectivity index (χ2n) is 6.67. The Morgan fingerprint density at radius 1 is 1.20 bits per heavy atom. The third kappa shape index (κ3) is 5.03. The number of nitrogens with one attached hydrogen (secondary N) is 2. The van der Waals surface area contributed by atoms with E-state index in [-0.39, 0.29) is 6.03 Å². The molecule has 1 aliphatic carbocycles. The van der Waals surface area contributed by atoms with Crippen molar-refractivity contribution in [3.63, 3.8) is 0 Å². The maximum absolute atomic E-state index is 12.0. The molecule has 0 radical (unpaired) electrons. The lowest BCUT2D eigenvalue weighted by Crippen LogP contribution is -2.46. The van der Waals surface area contributed by atoms with Gasteiger partial charge in [0.2, 0.25) is 0 Å². The highest BCUT2D eigenvalue weighted by molar-refractivity contribution is 5.73. The Kier molecular flexibility index (Phi) is 5.65. The quantitative estimate of drug-likeness (QED) is 0.725. The van der Waals surface area contributed by atoms with Crippen molar-refractivity contribution in [2.45, 2.75) is 50.7 Å². The summed E-state index contributed by atoms with van der Waals surface area (Å²) >= 11 is 0. The van der Waals surface area contributed by atoms with Crippen LogP contribution in [0.25, 0.3) is 5.82 Å². The molecule has 2 amide bonds.